The number of nitrogens with zero attached hydrogens (tertiary/aromatic N) is 2. The Bertz CT molecular complexity index is 1380. The van der Waals surface area contributed by atoms with Crippen LogP contribution in [0.3, 0.4) is 0 Å². The maximum atomic E-state index is 5.92. The number of hydrogen-bond donors (Lipinski definition) is 4. The summed E-state index contributed by atoms with van der Waals surface area (Å²) in [6, 6.07) is 21.2. The van der Waals surface area contributed by atoms with Crippen molar-refractivity contribution in [2.75, 3.05) is 0 Å². The summed E-state index contributed by atoms with van der Waals surface area (Å²) in [4.78, 5) is 15.3. The Morgan fingerprint density at radius 1 is 0.594 bits per heavy atom. The average molecular weight is 423 g/mol. The summed E-state index contributed by atoms with van der Waals surface area (Å²) in [5, 5.41) is 2.37. The normalized spacial score (nSPS) is 13.4. The molecule has 0 aliphatic heterocycles. The third-order valence-electron chi connectivity index (χ3n) is 5.73. The number of nitrogens with two attached hydrogens (primary N) is 2. The molecule has 5 rings (SSSR count). The number of hydrogen-bond acceptors (Lipinski definition) is 4. The van der Waals surface area contributed by atoms with E-state index in [1.54, 1.807) is 0 Å². The van der Waals surface area contributed by atoms with Crippen molar-refractivity contribution in [3.05, 3.63) is 84.7 Å². The van der Waals surface area contributed by atoms with Crippen LogP contribution in [0.5, 0.6) is 0 Å². The van der Waals surface area contributed by atoms with E-state index in [9.17, 15) is 0 Å². The second-order valence-electron chi connectivity index (χ2n) is 8.30. The first-order valence-corrected chi connectivity index (χ1v) is 10.7. The van der Waals surface area contributed by atoms with Gasteiger partial charge in [0.1, 0.15) is 11.6 Å². The molecule has 6 N–H and O–H groups in total. The van der Waals surface area contributed by atoms with Crippen molar-refractivity contribution in [3.63, 3.8) is 0 Å². The zero-order valence-electron chi connectivity index (χ0n) is 18.1. The predicted octanol–water partition coefficient (Wildman–Crippen LogP) is 5.33. The fraction of sp³-hybridized carbons (Fsp3) is 0.154. The van der Waals surface area contributed by atoms with E-state index in [0.717, 1.165) is 34.2 Å². The Morgan fingerprint density at radius 2 is 1.03 bits per heavy atom. The highest BCUT2D eigenvalue weighted by Gasteiger charge is 2.09. The lowest BCUT2D eigenvalue weighted by molar-refractivity contribution is 0.756. The van der Waals surface area contributed by atoms with Crippen molar-refractivity contribution >= 4 is 10.8 Å². The monoisotopic (exact) mass is 422 g/mol. The molecule has 0 saturated heterocycles. The first-order valence-electron chi connectivity index (χ1n) is 10.7. The molecule has 0 aliphatic carbocycles. The van der Waals surface area contributed by atoms with Gasteiger partial charge in [-0.1, -0.05) is 48.5 Å². The van der Waals surface area contributed by atoms with Gasteiger partial charge in [-0.3, -0.25) is 0 Å². The van der Waals surface area contributed by atoms with Gasteiger partial charge in [-0.05, 0) is 53.4 Å². The quantitative estimate of drug-likeness (QED) is 0.307. The van der Waals surface area contributed by atoms with E-state index in [-0.39, 0.29) is 12.1 Å². The van der Waals surface area contributed by atoms with Gasteiger partial charge in [-0.2, -0.15) is 0 Å². The number of imidazole rings is 2. The van der Waals surface area contributed by atoms with Crippen molar-refractivity contribution in [3.8, 4) is 33.6 Å². The maximum absolute atomic E-state index is 5.92. The smallest absolute Gasteiger partial charge is 0.123 e. The summed E-state index contributed by atoms with van der Waals surface area (Å²) >= 11 is 0. The Morgan fingerprint density at radius 3 is 1.56 bits per heavy atom. The Labute approximate surface area is 186 Å². The van der Waals surface area contributed by atoms with Gasteiger partial charge in [-0.15, -0.1) is 0 Å². The van der Waals surface area contributed by atoms with E-state index in [0.29, 0.717) is 0 Å². The number of fused-ring (bicyclic) bond motifs is 1. The van der Waals surface area contributed by atoms with Crippen molar-refractivity contribution in [2.45, 2.75) is 25.9 Å². The molecule has 6 nitrogen and oxygen atoms in total. The first-order chi connectivity index (χ1) is 15.5. The molecule has 32 heavy (non-hydrogen) atoms. The van der Waals surface area contributed by atoms with Gasteiger partial charge < -0.3 is 21.4 Å². The van der Waals surface area contributed by atoms with Crippen LogP contribution in [0.4, 0.5) is 0 Å². The highest BCUT2D eigenvalue weighted by atomic mass is 15.0. The minimum absolute atomic E-state index is 0.110. The lowest BCUT2D eigenvalue weighted by Crippen LogP contribution is -2.06. The SMILES string of the molecule is CC(N)c1ncc(-c2ccc(-c3ccc4cc(-c5cnc([C@H](C)N)[nH]5)ccc4c3)cc2)[nH]1. The summed E-state index contributed by atoms with van der Waals surface area (Å²) < 4.78 is 0. The summed E-state index contributed by atoms with van der Waals surface area (Å²) in [6.45, 7) is 3.84. The molecular formula is C26H26N6. The number of aromatic nitrogens is 4. The van der Waals surface area contributed by atoms with Crippen LogP contribution < -0.4 is 11.5 Å². The van der Waals surface area contributed by atoms with E-state index in [2.05, 4.69) is 80.6 Å². The van der Waals surface area contributed by atoms with Crippen LogP contribution in [0.1, 0.15) is 37.6 Å². The van der Waals surface area contributed by atoms with Crippen LogP contribution in [-0.4, -0.2) is 19.9 Å². The molecule has 0 aliphatic rings. The van der Waals surface area contributed by atoms with Crippen LogP contribution in [0.15, 0.2) is 73.1 Å². The third-order valence-corrected chi connectivity index (χ3v) is 5.73. The molecule has 0 fully saturated rings. The molecule has 2 heterocycles. The first kappa shape index (κ1) is 20.2. The van der Waals surface area contributed by atoms with Crippen LogP contribution in [0.25, 0.3) is 44.4 Å². The van der Waals surface area contributed by atoms with E-state index in [4.69, 9.17) is 11.5 Å². The van der Waals surface area contributed by atoms with E-state index < -0.39 is 0 Å². The molecule has 0 spiro atoms. The van der Waals surface area contributed by atoms with Gasteiger partial charge in [0.15, 0.2) is 0 Å². The van der Waals surface area contributed by atoms with Crippen LogP contribution >= 0.6 is 0 Å². The predicted molar refractivity (Wildman–Crippen MR) is 130 cm³/mol. The maximum Gasteiger partial charge on any atom is 0.123 e. The second-order valence-corrected chi connectivity index (χ2v) is 8.30. The molecule has 6 heteroatoms. The molecular weight excluding hydrogens is 396 g/mol. The highest BCUT2D eigenvalue weighted by Crippen LogP contribution is 2.29. The Balaban J connectivity index is 1.41. The van der Waals surface area contributed by atoms with Crippen LogP contribution in [-0.2, 0) is 0 Å². The third kappa shape index (κ3) is 3.82. The van der Waals surface area contributed by atoms with Gasteiger partial charge in [0, 0.05) is 5.56 Å². The summed E-state index contributed by atoms with van der Waals surface area (Å²) in [5.41, 5.74) is 18.3. The topological polar surface area (TPSA) is 109 Å². The largest absolute Gasteiger partial charge is 0.341 e. The van der Waals surface area contributed by atoms with Gasteiger partial charge in [0.05, 0.1) is 35.9 Å². The van der Waals surface area contributed by atoms with Crippen molar-refractivity contribution in [1.82, 2.24) is 19.9 Å². The molecule has 0 bridgehead atoms. The van der Waals surface area contributed by atoms with Crippen LogP contribution in [0, 0.1) is 0 Å². The van der Waals surface area contributed by atoms with Crippen LogP contribution in [0.2, 0.25) is 0 Å². The molecule has 2 atom stereocenters. The summed E-state index contributed by atoms with van der Waals surface area (Å²) in [6.07, 6.45) is 3.67. The van der Waals surface area contributed by atoms with E-state index in [1.807, 2.05) is 26.2 Å². The van der Waals surface area contributed by atoms with Gasteiger partial charge >= 0.3 is 0 Å². The zero-order valence-corrected chi connectivity index (χ0v) is 18.1. The average Bonchev–Trinajstić information content (AvgIpc) is 3.49. The standard InChI is InChI=1S/C26H26N6/c1-15(27)25-29-13-23(31-25)18-5-3-17(4-6-18)19-7-8-21-12-22(10-9-20(21)11-19)24-14-30-26(32-24)16(2)28/h3-16H,27-28H2,1-2H3,(H,29,31)(H,30,32)/t15?,16-/m0/s1. The molecule has 3 aromatic carbocycles. The van der Waals surface area contributed by atoms with Crippen molar-refractivity contribution in [1.29, 1.82) is 0 Å². The summed E-state index contributed by atoms with van der Waals surface area (Å²) in [7, 11) is 0. The number of benzene rings is 3. The fourth-order valence-electron chi connectivity index (χ4n) is 3.86. The molecule has 0 radical (unpaired) electrons. The molecule has 160 valence electrons. The number of H-pyrrole nitrogens is 2. The number of rotatable bonds is 5. The zero-order chi connectivity index (χ0) is 22.2. The van der Waals surface area contributed by atoms with Crippen molar-refractivity contribution in [2.24, 2.45) is 11.5 Å². The lowest BCUT2D eigenvalue weighted by Gasteiger charge is -2.07. The Kier molecular flexibility index (Phi) is 5.09. The second kappa shape index (κ2) is 8.07. The molecule has 5 aromatic rings. The molecule has 0 saturated carbocycles. The van der Waals surface area contributed by atoms with E-state index in [1.165, 1.54) is 21.9 Å². The fourth-order valence-corrected chi connectivity index (χ4v) is 3.86. The van der Waals surface area contributed by atoms with Gasteiger partial charge in [-0.25, -0.2) is 9.97 Å². The minimum Gasteiger partial charge on any atom is -0.341 e. The van der Waals surface area contributed by atoms with E-state index >= 15 is 0 Å². The van der Waals surface area contributed by atoms with Gasteiger partial charge in [0.2, 0.25) is 0 Å². The Hall–Kier alpha value is -3.74. The lowest BCUT2D eigenvalue weighted by atomic mass is 9.98. The molecule has 1 unspecified atom stereocenters. The number of nitrogens with one attached hydrogen (secondary N) is 2. The summed E-state index contributed by atoms with van der Waals surface area (Å²) in [5.74, 6) is 1.59. The molecule has 0 amide bonds. The van der Waals surface area contributed by atoms with Gasteiger partial charge in [0.25, 0.3) is 0 Å². The van der Waals surface area contributed by atoms with Crippen molar-refractivity contribution < 1.29 is 0 Å². The minimum atomic E-state index is -0.113. The molecule has 2 aromatic heterocycles. The number of aromatic amines is 2. The highest BCUT2D eigenvalue weighted by molar-refractivity contribution is 5.90.